The summed E-state index contributed by atoms with van der Waals surface area (Å²) in [5, 5.41) is 10.4. The molecular formula is C28H24ClF3N2O. The van der Waals surface area contributed by atoms with E-state index in [-0.39, 0.29) is 25.9 Å². The highest BCUT2D eigenvalue weighted by atomic mass is 35.5. The third-order valence-electron chi connectivity index (χ3n) is 6.07. The molecule has 7 heteroatoms. The van der Waals surface area contributed by atoms with Gasteiger partial charge in [0, 0.05) is 42.0 Å². The summed E-state index contributed by atoms with van der Waals surface area (Å²) < 4.78 is 38.7. The maximum Gasteiger partial charge on any atom is 0.417 e. The van der Waals surface area contributed by atoms with Crippen molar-refractivity contribution in [2.24, 2.45) is 0 Å². The van der Waals surface area contributed by atoms with Gasteiger partial charge >= 0.3 is 6.18 Å². The van der Waals surface area contributed by atoms with Crippen molar-refractivity contribution in [1.82, 2.24) is 9.88 Å². The zero-order valence-electron chi connectivity index (χ0n) is 18.9. The van der Waals surface area contributed by atoms with Crippen LogP contribution in [0.25, 0.3) is 17.2 Å². The second-order valence-corrected chi connectivity index (χ2v) is 8.98. The van der Waals surface area contributed by atoms with Crippen LogP contribution in [0.15, 0.2) is 72.9 Å². The maximum absolute atomic E-state index is 12.9. The van der Waals surface area contributed by atoms with E-state index in [4.69, 9.17) is 11.6 Å². The van der Waals surface area contributed by atoms with Gasteiger partial charge in [-0.1, -0.05) is 60.0 Å². The highest BCUT2D eigenvalue weighted by Gasteiger charge is 2.54. The van der Waals surface area contributed by atoms with Gasteiger partial charge in [0.05, 0.1) is 0 Å². The van der Waals surface area contributed by atoms with Crippen LogP contribution >= 0.6 is 11.6 Å². The fourth-order valence-corrected chi connectivity index (χ4v) is 3.95. The molecular weight excluding hydrogens is 473 g/mol. The number of pyridine rings is 1. The van der Waals surface area contributed by atoms with Crippen LogP contribution in [0.5, 0.6) is 0 Å². The molecule has 0 amide bonds. The molecule has 0 radical (unpaired) electrons. The molecule has 0 saturated carbocycles. The standard InChI is InChI=1S/C28H24ClF3N2O/c29-25-11-8-23(9-12-25)24-10-14-26(33-20-24)13-7-22-5-3-21(4-6-22)2-1-17-34-18-15-27(35,16-19-34)28(30,31)32/h1-6,8-12,14,20,35H,15-19H2. The molecule has 1 saturated heterocycles. The molecule has 0 spiro atoms. The third kappa shape index (κ3) is 6.52. The Morgan fingerprint density at radius 2 is 1.60 bits per heavy atom. The van der Waals surface area contributed by atoms with Gasteiger partial charge in [0.15, 0.2) is 5.60 Å². The third-order valence-corrected chi connectivity index (χ3v) is 6.32. The van der Waals surface area contributed by atoms with Gasteiger partial charge in [0.1, 0.15) is 5.69 Å². The SMILES string of the molecule is OC1(C(F)(F)F)CCN(CC=Cc2ccc(C#Cc3ccc(-c4ccc(Cl)cc4)cn3)cc2)CC1. The Kier molecular flexibility index (Phi) is 7.61. The fraction of sp³-hybridized carbons (Fsp3) is 0.250. The summed E-state index contributed by atoms with van der Waals surface area (Å²) in [6.45, 7) is 0.959. The second kappa shape index (κ2) is 10.7. The Labute approximate surface area is 207 Å². The van der Waals surface area contributed by atoms with E-state index in [0.717, 1.165) is 22.3 Å². The molecule has 0 aliphatic carbocycles. The highest BCUT2D eigenvalue weighted by Crippen LogP contribution is 2.38. The van der Waals surface area contributed by atoms with E-state index in [9.17, 15) is 18.3 Å². The lowest BCUT2D eigenvalue weighted by Crippen LogP contribution is -2.53. The van der Waals surface area contributed by atoms with Crippen molar-refractivity contribution in [3.8, 4) is 23.0 Å². The molecule has 0 bridgehead atoms. The smallest absolute Gasteiger partial charge is 0.380 e. The largest absolute Gasteiger partial charge is 0.417 e. The normalized spacial score (nSPS) is 16.1. The Balaban J connectivity index is 1.29. The topological polar surface area (TPSA) is 36.4 Å². The van der Waals surface area contributed by atoms with Crippen molar-refractivity contribution < 1.29 is 18.3 Å². The summed E-state index contributed by atoms with van der Waals surface area (Å²) >= 11 is 5.93. The van der Waals surface area contributed by atoms with Crippen LogP contribution in [0.4, 0.5) is 13.2 Å². The number of alkyl halides is 3. The van der Waals surface area contributed by atoms with Gasteiger partial charge in [-0.2, -0.15) is 13.2 Å². The van der Waals surface area contributed by atoms with Crippen LogP contribution < -0.4 is 0 Å². The first-order valence-corrected chi connectivity index (χ1v) is 11.6. The number of aliphatic hydroxyl groups is 1. The molecule has 1 fully saturated rings. The summed E-state index contributed by atoms with van der Waals surface area (Å²) in [7, 11) is 0. The minimum atomic E-state index is -4.57. The van der Waals surface area contributed by atoms with Gasteiger partial charge in [0.2, 0.25) is 0 Å². The van der Waals surface area contributed by atoms with Crippen LogP contribution in [0.1, 0.15) is 29.7 Å². The lowest BCUT2D eigenvalue weighted by molar-refractivity contribution is -0.272. The Hall–Kier alpha value is -3.11. The first-order valence-electron chi connectivity index (χ1n) is 11.2. The van der Waals surface area contributed by atoms with E-state index >= 15 is 0 Å². The minimum Gasteiger partial charge on any atom is -0.380 e. The molecule has 35 heavy (non-hydrogen) atoms. The summed E-state index contributed by atoms with van der Waals surface area (Å²) in [4.78, 5) is 6.32. The second-order valence-electron chi connectivity index (χ2n) is 8.54. The van der Waals surface area contributed by atoms with Crippen LogP contribution in [0.2, 0.25) is 5.02 Å². The zero-order valence-corrected chi connectivity index (χ0v) is 19.7. The van der Waals surface area contributed by atoms with Crippen LogP contribution in [0.3, 0.4) is 0 Å². The average Bonchev–Trinajstić information content (AvgIpc) is 2.85. The molecule has 1 N–H and O–H groups in total. The molecule has 3 nitrogen and oxygen atoms in total. The van der Waals surface area contributed by atoms with Gasteiger partial charge in [-0.15, -0.1) is 0 Å². The zero-order chi connectivity index (χ0) is 24.9. The van der Waals surface area contributed by atoms with Gasteiger partial charge < -0.3 is 5.11 Å². The number of hydrogen-bond donors (Lipinski definition) is 1. The number of benzene rings is 2. The number of nitrogens with zero attached hydrogens (tertiary/aromatic N) is 2. The average molecular weight is 497 g/mol. The van der Waals surface area contributed by atoms with E-state index in [0.29, 0.717) is 17.3 Å². The number of rotatable bonds is 4. The summed E-state index contributed by atoms with van der Waals surface area (Å²) in [5.41, 5.74) is 1.97. The van der Waals surface area contributed by atoms with Crippen molar-refractivity contribution in [3.63, 3.8) is 0 Å². The monoisotopic (exact) mass is 496 g/mol. The first kappa shape index (κ1) is 25.0. The van der Waals surface area contributed by atoms with Crippen molar-refractivity contribution in [3.05, 3.63) is 94.8 Å². The molecule has 1 aliphatic heterocycles. The maximum atomic E-state index is 12.9. The van der Waals surface area contributed by atoms with Crippen molar-refractivity contribution in [2.75, 3.05) is 19.6 Å². The molecule has 2 aromatic carbocycles. The van der Waals surface area contributed by atoms with Crippen molar-refractivity contribution >= 4 is 17.7 Å². The van der Waals surface area contributed by atoms with Crippen molar-refractivity contribution in [1.29, 1.82) is 0 Å². The number of likely N-dealkylation sites (tertiary alicyclic amines) is 1. The minimum absolute atomic E-state index is 0.212. The quantitative estimate of drug-likeness (QED) is 0.437. The number of halogens is 4. The molecule has 180 valence electrons. The highest BCUT2D eigenvalue weighted by molar-refractivity contribution is 6.30. The van der Waals surface area contributed by atoms with Crippen molar-refractivity contribution in [2.45, 2.75) is 24.6 Å². The molecule has 3 aromatic rings. The van der Waals surface area contributed by atoms with Crippen LogP contribution in [-0.2, 0) is 0 Å². The van der Waals surface area contributed by atoms with Crippen LogP contribution in [-0.4, -0.2) is 46.4 Å². The molecule has 2 heterocycles. The predicted octanol–water partition coefficient (Wildman–Crippen LogP) is 6.20. The Morgan fingerprint density at radius 3 is 2.20 bits per heavy atom. The van der Waals surface area contributed by atoms with Gasteiger partial charge in [0.25, 0.3) is 0 Å². The first-order chi connectivity index (χ1) is 16.7. The fourth-order valence-electron chi connectivity index (χ4n) is 3.82. The Bertz CT molecular complexity index is 1220. The number of piperidine rings is 1. The van der Waals surface area contributed by atoms with Gasteiger partial charge in [-0.3, -0.25) is 4.90 Å². The molecule has 0 unspecified atom stereocenters. The van der Waals surface area contributed by atoms with E-state index in [1.54, 1.807) is 6.20 Å². The molecule has 0 atom stereocenters. The number of hydrogen-bond acceptors (Lipinski definition) is 3. The summed E-state index contributed by atoms with van der Waals surface area (Å²) in [6, 6.07) is 19.1. The predicted molar refractivity (Wildman–Crippen MR) is 133 cm³/mol. The summed E-state index contributed by atoms with van der Waals surface area (Å²) in [6.07, 6.45) is 0.472. The molecule has 1 aliphatic rings. The van der Waals surface area contributed by atoms with Gasteiger partial charge in [-0.25, -0.2) is 4.98 Å². The van der Waals surface area contributed by atoms with Crippen LogP contribution in [0, 0.1) is 11.8 Å². The lowest BCUT2D eigenvalue weighted by Gasteiger charge is -2.38. The van der Waals surface area contributed by atoms with E-state index in [1.807, 2.05) is 77.7 Å². The summed E-state index contributed by atoms with van der Waals surface area (Å²) in [5.74, 6) is 6.17. The molecule has 1 aromatic heterocycles. The molecule has 4 rings (SSSR count). The van der Waals surface area contributed by atoms with Gasteiger partial charge in [-0.05, 0) is 60.2 Å². The van der Waals surface area contributed by atoms with E-state index in [2.05, 4.69) is 16.8 Å². The Morgan fingerprint density at radius 1 is 0.943 bits per heavy atom. The van der Waals surface area contributed by atoms with E-state index < -0.39 is 11.8 Å². The van der Waals surface area contributed by atoms with E-state index in [1.165, 1.54) is 0 Å². The lowest BCUT2D eigenvalue weighted by atomic mass is 9.91. The number of aromatic nitrogens is 1.